The minimum Gasteiger partial charge on any atom is -0.384 e. The van der Waals surface area contributed by atoms with Crippen molar-refractivity contribution in [1.82, 2.24) is 5.32 Å². The molecule has 0 spiro atoms. The molecular formula is C15H25NO. The van der Waals surface area contributed by atoms with Crippen molar-refractivity contribution in [3.8, 4) is 0 Å². The fraction of sp³-hybridized carbons (Fsp3) is 0.600. The molecule has 0 heterocycles. The molecule has 0 amide bonds. The summed E-state index contributed by atoms with van der Waals surface area (Å²) in [4.78, 5) is 0. The molecule has 96 valence electrons. The first-order valence-electron chi connectivity index (χ1n) is 6.37. The summed E-state index contributed by atoms with van der Waals surface area (Å²) < 4.78 is 5.27. The van der Waals surface area contributed by atoms with Gasteiger partial charge in [-0.2, -0.15) is 0 Å². The molecule has 0 aromatic heterocycles. The van der Waals surface area contributed by atoms with Crippen LogP contribution in [0.25, 0.3) is 0 Å². The lowest BCUT2D eigenvalue weighted by molar-refractivity contribution is 0.129. The Hall–Kier alpha value is -0.860. The van der Waals surface area contributed by atoms with Gasteiger partial charge >= 0.3 is 0 Å². The van der Waals surface area contributed by atoms with Crippen LogP contribution in [0.1, 0.15) is 18.1 Å². The Morgan fingerprint density at radius 2 is 2.00 bits per heavy atom. The molecule has 0 saturated heterocycles. The lowest BCUT2D eigenvalue weighted by Crippen LogP contribution is -2.29. The lowest BCUT2D eigenvalue weighted by atomic mass is 9.87. The molecule has 1 N–H and O–H groups in total. The van der Waals surface area contributed by atoms with Gasteiger partial charge in [0.05, 0.1) is 0 Å². The number of rotatable bonds is 7. The van der Waals surface area contributed by atoms with Crippen LogP contribution < -0.4 is 5.32 Å². The van der Waals surface area contributed by atoms with E-state index in [0.717, 1.165) is 19.6 Å². The number of hydrogen-bond donors (Lipinski definition) is 1. The van der Waals surface area contributed by atoms with Crippen molar-refractivity contribution in [3.63, 3.8) is 0 Å². The van der Waals surface area contributed by atoms with Gasteiger partial charge < -0.3 is 10.1 Å². The van der Waals surface area contributed by atoms with Gasteiger partial charge in [0.25, 0.3) is 0 Å². The predicted octanol–water partition coefficient (Wildman–Crippen LogP) is 2.66. The van der Waals surface area contributed by atoms with Crippen molar-refractivity contribution in [3.05, 3.63) is 35.4 Å². The third-order valence-electron chi connectivity index (χ3n) is 3.44. The summed E-state index contributed by atoms with van der Waals surface area (Å²) in [7, 11) is 3.80. The maximum absolute atomic E-state index is 5.27. The molecule has 0 bridgehead atoms. The molecule has 0 aliphatic heterocycles. The number of benzene rings is 1. The van der Waals surface area contributed by atoms with Crippen LogP contribution in [0.15, 0.2) is 24.3 Å². The van der Waals surface area contributed by atoms with Crippen LogP contribution in [-0.4, -0.2) is 27.3 Å². The minimum atomic E-state index is 0.576. The van der Waals surface area contributed by atoms with E-state index in [0.29, 0.717) is 11.8 Å². The zero-order valence-electron chi connectivity index (χ0n) is 11.5. The smallest absolute Gasteiger partial charge is 0.0491 e. The summed E-state index contributed by atoms with van der Waals surface area (Å²) in [5.41, 5.74) is 2.84. The normalized spacial score (nSPS) is 14.6. The molecule has 0 aliphatic carbocycles. The maximum Gasteiger partial charge on any atom is 0.0491 e. The van der Waals surface area contributed by atoms with Gasteiger partial charge in [0.2, 0.25) is 0 Å². The third kappa shape index (κ3) is 4.49. The summed E-state index contributed by atoms with van der Waals surface area (Å²) in [5, 5.41) is 3.29. The van der Waals surface area contributed by atoms with Crippen molar-refractivity contribution in [2.75, 3.05) is 27.3 Å². The molecule has 0 radical (unpaired) electrons. The molecule has 2 atom stereocenters. The second-order valence-corrected chi connectivity index (χ2v) is 4.88. The number of aryl methyl sites for hydroxylation is 1. The van der Waals surface area contributed by atoms with Gasteiger partial charge in [-0.25, -0.2) is 0 Å². The zero-order valence-corrected chi connectivity index (χ0v) is 11.5. The Balaban J connectivity index is 2.69. The first kappa shape index (κ1) is 14.2. The number of ether oxygens (including phenoxy) is 1. The van der Waals surface area contributed by atoms with Crippen LogP contribution in [0.3, 0.4) is 0 Å². The van der Waals surface area contributed by atoms with Gasteiger partial charge in [0, 0.05) is 13.7 Å². The Kier molecular flexibility index (Phi) is 6.23. The van der Waals surface area contributed by atoms with Crippen molar-refractivity contribution in [2.24, 2.45) is 11.8 Å². The van der Waals surface area contributed by atoms with Crippen LogP contribution in [0.2, 0.25) is 0 Å². The monoisotopic (exact) mass is 235 g/mol. The van der Waals surface area contributed by atoms with E-state index < -0.39 is 0 Å². The molecule has 0 saturated carbocycles. The Morgan fingerprint density at radius 3 is 2.59 bits per heavy atom. The zero-order chi connectivity index (χ0) is 12.7. The quantitative estimate of drug-likeness (QED) is 0.784. The molecular weight excluding hydrogens is 210 g/mol. The number of methoxy groups -OCH3 is 1. The van der Waals surface area contributed by atoms with Gasteiger partial charge in [-0.1, -0.05) is 31.2 Å². The van der Waals surface area contributed by atoms with Crippen LogP contribution >= 0.6 is 0 Å². The lowest BCUT2D eigenvalue weighted by Gasteiger charge is -2.24. The largest absolute Gasteiger partial charge is 0.384 e. The van der Waals surface area contributed by atoms with Crippen LogP contribution in [-0.2, 0) is 11.2 Å². The summed E-state index contributed by atoms with van der Waals surface area (Å²) in [5.74, 6) is 1.20. The van der Waals surface area contributed by atoms with E-state index >= 15 is 0 Å². The van der Waals surface area contributed by atoms with Crippen molar-refractivity contribution >= 4 is 0 Å². The van der Waals surface area contributed by atoms with E-state index in [4.69, 9.17) is 4.74 Å². The van der Waals surface area contributed by atoms with Gasteiger partial charge in [-0.3, -0.25) is 0 Å². The van der Waals surface area contributed by atoms with Crippen molar-refractivity contribution in [1.29, 1.82) is 0 Å². The Labute approximate surface area is 105 Å². The molecule has 0 aliphatic rings. The highest BCUT2D eigenvalue weighted by Crippen LogP contribution is 2.19. The SMILES string of the molecule is CNCC(Cc1ccccc1C)C(C)COC. The molecule has 1 rings (SSSR count). The standard InChI is InChI=1S/C15H25NO/c1-12-7-5-6-8-14(12)9-15(10-16-3)13(2)11-17-4/h5-8,13,15-16H,9-11H2,1-4H3. The Morgan fingerprint density at radius 1 is 1.29 bits per heavy atom. The van der Waals surface area contributed by atoms with E-state index in [1.165, 1.54) is 11.1 Å². The van der Waals surface area contributed by atoms with Crippen molar-refractivity contribution < 1.29 is 4.74 Å². The highest BCUT2D eigenvalue weighted by Gasteiger charge is 2.17. The second kappa shape index (κ2) is 7.46. The van der Waals surface area contributed by atoms with Gasteiger partial charge in [0.1, 0.15) is 0 Å². The van der Waals surface area contributed by atoms with E-state index in [-0.39, 0.29) is 0 Å². The molecule has 17 heavy (non-hydrogen) atoms. The molecule has 2 unspecified atom stereocenters. The van der Waals surface area contributed by atoms with E-state index in [2.05, 4.69) is 43.4 Å². The molecule has 2 heteroatoms. The predicted molar refractivity (Wildman–Crippen MR) is 73.3 cm³/mol. The summed E-state index contributed by atoms with van der Waals surface area (Å²) in [6.07, 6.45) is 1.12. The number of nitrogens with one attached hydrogen (secondary N) is 1. The molecule has 1 aromatic rings. The minimum absolute atomic E-state index is 0.576. The first-order chi connectivity index (χ1) is 8.19. The van der Waals surface area contributed by atoms with E-state index in [1.54, 1.807) is 7.11 Å². The topological polar surface area (TPSA) is 21.3 Å². The van der Waals surface area contributed by atoms with Crippen LogP contribution in [0.4, 0.5) is 0 Å². The van der Waals surface area contributed by atoms with Gasteiger partial charge in [-0.05, 0) is 49.9 Å². The molecule has 1 aromatic carbocycles. The highest BCUT2D eigenvalue weighted by atomic mass is 16.5. The summed E-state index contributed by atoms with van der Waals surface area (Å²) >= 11 is 0. The van der Waals surface area contributed by atoms with Gasteiger partial charge in [-0.15, -0.1) is 0 Å². The Bertz CT molecular complexity index is 324. The van der Waals surface area contributed by atoms with Crippen molar-refractivity contribution in [2.45, 2.75) is 20.3 Å². The summed E-state index contributed by atoms with van der Waals surface area (Å²) in [6.45, 7) is 6.33. The van der Waals surface area contributed by atoms with Gasteiger partial charge in [0.15, 0.2) is 0 Å². The maximum atomic E-state index is 5.27. The average Bonchev–Trinajstić information content (AvgIpc) is 2.31. The second-order valence-electron chi connectivity index (χ2n) is 4.88. The van der Waals surface area contributed by atoms with Crippen LogP contribution in [0, 0.1) is 18.8 Å². The third-order valence-corrected chi connectivity index (χ3v) is 3.44. The first-order valence-corrected chi connectivity index (χ1v) is 6.37. The molecule has 2 nitrogen and oxygen atoms in total. The fourth-order valence-corrected chi connectivity index (χ4v) is 2.26. The number of hydrogen-bond acceptors (Lipinski definition) is 2. The average molecular weight is 235 g/mol. The fourth-order valence-electron chi connectivity index (χ4n) is 2.26. The molecule has 0 fully saturated rings. The van der Waals surface area contributed by atoms with E-state index in [1.807, 2.05) is 7.05 Å². The summed E-state index contributed by atoms with van der Waals surface area (Å²) in [6, 6.07) is 8.65. The van der Waals surface area contributed by atoms with Crippen LogP contribution in [0.5, 0.6) is 0 Å². The highest BCUT2D eigenvalue weighted by molar-refractivity contribution is 5.26. The van der Waals surface area contributed by atoms with E-state index in [9.17, 15) is 0 Å².